The summed E-state index contributed by atoms with van der Waals surface area (Å²) in [5, 5.41) is 7.69. The van der Waals surface area contributed by atoms with E-state index in [4.69, 9.17) is 10.1 Å². The molecule has 2 aromatic rings. The number of benzene rings is 1. The molecule has 0 aliphatic heterocycles. The Morgan fingerprint density at radius 1 is 1.11 bits per heavy atom. The van der Waals surface area contributed by atoms with E-state index in [0.29, 0.717) is 12.3 Å². The van der Waals surface area contributed by atoms with Gasteiger partial charge in [-0.15, -0.1) is 0 Å². The molecule has 0 saturated carbocycles. The van der Waals surface area contributed by atoms with Crippen LogP contribution in [0.4, 0.5) is 0 Å². The van der Waals surface area contributed by atoms with Crippen molar-refractivity contribution in [2.24, 2.45) is 0 Å². The van der Waals surface area contributed by atoms with Crippen LogP contribution < -0.4 is 0 Å². The summed E-state index contributed by atoms with van der Waals surface area (Å²) < 4.78 is 5.33. The first-order valence-corrected chi connectivity index (χ1v) is 7.85. The van der Waals surface area contributed by atoms with Crippen LogP contribution in [0.3, 0.4) is 0 Å². The third-order valence-electron chi connectivity index (χ3n) is 2.12. The van der Waals surface area contributed by atoms with Gasteiger partial charge in [-0.05, 0) is 17.7 Å². The molecule has 1 N–H and O–H groups in total. The molecule has 0 unspecified atom stereocenters. The van der Waals surface area contributed by atoms with E-state index in [1.165, 1.54) is 0 Å². The minimum atomic E-state index is 0.101. The molecular formula is C13H12Cl2CuN2O. The van der Waals surface area contributed by atoms with Crippen LogP contribution in [-0.2, 0) is 24.5 Å². The quantitative estimate of drug-likeness (QED) is 0.519. The van der Waals surface area contributed by atoms with E-state index in [1.54, 1.807) is 12.3 Å². The summed E-state index contributed by atoms with van der Waals surface area (Å²) in [6.45, 7) is 0.399. The molecule has 19 heavy (non-hydrogen) atoms. The molecule has 1 aromatic carbocycles. The maximum absolute atomic E-state index is 7.69. The van der Waals surface area contributed by atoms with Gasteiger partial charge in [-0.3, -0.25) is 10.4 Å². The first-order chi connectivity index (χ1) is 9.27. The van der Waals surface area contributed by atoms with Gasteiger partial charge in [0.05, 0.1) is 0 Å². The van der Waals surface area contributed by atoms with Gasteiger partial charge in [-0.25, -0.2) is 0 Å². The van der Waals surface area contributed by atoms with Crippen LogP contribution in [0.2, 0.25) is 0 Å². The van der Waals surface area contributed by atoms with Crippen molar-refractivity contribution in [2.45, 2.75) is 6.61 Å². The van der Waals surface area contributed by atoms with Crippen LogP contribution in [0.1, 0.15) is 11.3 Å². The van der Waals surface area contributed by atoms with Crippen molar-refractivity contribution in [3.8, 4) is 0 Å². The Bertz CT molecular complexity index is 483. The Labute approximate surface area is 127 Å². The molecule has 0 saturated heterocycles. The summed E-state index contributed by atoms with van der Waals surface area (Å²) >= 11 is 0.757. The second-order valence-corrected chi connectivity index (χ2v) is 4.92. The fourth-order valence-corrected chi connectivity index (χ4v) is 1.30. The fourth-order valence-electron chi connectivity index (χ4n) is 1.30. The molecule has 6 heteroatoms. The third-order valence-corrected chi connectivity index (χ3v) is 2.12. The molecule has 0 fully saturated rings. The molecule has 0 radical (unpaired) electrons. The summed E-state index contributed by atoms with van der Waals surface area (Å²) in [6, 6.07) is 15.2. The molecule has 105 valence electrons. The number of rotatable bonds is 3. The van der Waals surface area contributed by atoms with Gasteiger partial charge in [0, 0.05) is 6.20 Å². The molecular weight excluding hydrogens is 335 g/mol. The van der Waals surface area contributed by atoms with Gasteiger partial charge in [-0.2, -0.15) is 0 Å². The van der Waals surface area contributed by atoms with Crippen molar-refractivity contribution >= 4 is 26.1 Å². The second kappa shape index (κ2) is 9.82. The Hall–Kier alpha value is -1.06. The predicted octanol–water partition coefficient (Wildman–Crippen LogP) is 4.00. The number of hydrogen-bond acceptors (Lipinski definition) is 3. The number of hydrogen-bond donors (Lipinski definition) is 1. The average Bonchev–Trinajstić information content (AvgIpc) is 2.47. The van der Waals surface area contributed by atoms with Gasteiger partial charge >= 0.3 is 33.3 Å². The summed E-state index contributed by atoms with van der Waals surface area (Å²) in [4.78, 5) is 4.04. The van der Waals surface area contributed by atoms with E-state index in [-0.39, 0.29) is 5.90 Å². The second-order valence-electron chi connectivity index (χ2n) is 3.36. The summed E-state index contributed by atoms with van der Waals surface area (Å²) in [5.41, 5.74) is 1.60. The number of ether oxygens (including phenoxy) is 1. The van der Waals surface area contributed by atoms with E-state index < -0.39 is 0 Å². The van der Waals surface area contributed by atoms with Crippen LogP contribution in [0.5, 0.6) is 0 Å². The van der Waals surface area contributed by atoms with Crippen molar-refractivity contribution < 1.29 is 17.9 Å². The van der Waals surface area contributed by atoms with Crippen LogP contribution >= 0.6 is 20.2 Å². The molecule has 0 aliphatic carbocycles. The number of pyridine rings is 1. The number of nitrogens with zero attached hydrogens (tertiary/aromatic N) is 1. The molecule has 0 amide bonds. The summed E-state index contributed by atoms with van der Waals surface area (Å²) in [7, 11) is 9.34. The zero-order chi connectivity index (χ0) is 13.9. The Balaban J connectivity index is 0.000000550. The first kappa shape index (κ1) is 16.0. The zero-order valence-corrected chi connectivity index (χ0v) is 12.3. The number of nitrogens with one attached hydrogen (secondary N) is 1. The monoisotopic (exact) mass is 345 g/mol. The van der Waals surface area contributed by atoms with Crippen LogP contribution in [-0.4, -0.2) is 10.9 Å². The number of aromatic nitrogens is 1. The summed E-state index contributed by atoms with van der Waals surface area (Å²) in [5.74, 6) is 0.101. The molecule has 0 aliphatic rings. The summed E-state index contributed by atoms with van der Waals surface area (Å²) in [6.07, 6.45) is 1.65. The van der Waals surface area contributed by atoms with Gasteiger partial charge in [0.25, 0.3) is 0 Å². The van der Waals surface area contributed by atoms with E-state index in [9.17, 15) is 0 Å². The third kappa shape index (κ3) is 6.60. The Kier molecular flexibility index (Phi) is 8.26. The van der Waals surface area contributed by atoms with Crippen molar-refractivity contribution in [3.63, 3.8) is 0 Å². The van der Waals surface area contributed by atoms with E-state index in [1.807, 2.05) is 42.5 Å². The standard InChI is InChI=1S/C13H12N2O.2ClH.Cu/c14-13(12-8-4-5-9-15-12)16-10-11-6-2-1-3-7-11;;;/h1-9,14H,10H2;2*1H;/q;;;+2/p-2. The fraction of sp³-hybridized carbons (Fsp3) is 0.0769. The van der Waals surface area contributed by atoms with Crippen molar-refractivity contribution in [3.05, 3.63) is 66.0 Å². The molecule has 0 spiro atoms. The van der Waals surface area contributed by atoms with E-state index in [2.05, 4.69) is 25.2 Å². The van der Waals surface area contributed by atoms with Gasteiger partial charge < -0.3 is 4.74 Å². The van der Waals surface area contributed by atoms with Gasteiger partial charge in [0.1, 0.15) is 12.3 Å². The first-order valence-electron chi connectivity index (χ1n) is 5.26. The number of halogens is 2. The molecule has 0 bridgehead atoms. The normalized spacial score (nSPS) is 9.37. The SMILES string of the molecule is N=C(OCc1ccccc1)c1ccccn1.[Cl][Cu][Cl]. The van der Waals surface area contributed by atoms with Crippen molar-refractivity contribution in [2.75, 3.05) is 0 Å². The predicted molar refractivity (Wildman–Crippen MR) is 74.0 cm³/mol. The van der Waals surface area contributed by atoms with E-state index in [0.717, 1.165) is 18.7 Å². The molecule has 0 atom stereocenters. The van der Waals surface area contributed by atoms with Crippen LogP contribution in [0, 0.1) is 5.41 Å². The minimum absolute atomic E-state index is 0.101. The van der Waals surface area contributed by atoms with Crippen LogP contribution in [0.25, 0.3) is 0 Å². The molecule has 1 heterocycles. The van der Waals surface area contributed by atoms with Crippen LogP contribution in [0.15, 0.2) is 54.7 Å². The zero-order valence-electron chi connectivity index (χ0n) is 9.82. The Morgan fingerprint density at radius 3 is 2.32 bits per heavy atom. The van der Waals surface area contributed by atoms with Gasteiger partial charge in [-0.1, -0.05) is 36.4 Å². The van der Waals surface area contributed by atoms with Crippen molar-refractivity contribution in [1.29, 1.82) is 5.41 Å². The van der Waals surface area contributed by atoms with E-state index >= 15 is 0 Å². The topological polar surface area (TPSA) is 46.0 Å². The maximum atomic E-state index is 7.69. The van der Waals surface area contributed by atoms with Crippen molar-refractivity contribution in [1.82, 2.24) is 4.98 Å². The molecule has 2 rings (SSSR count). The molecule has 1 aromatic heterocycles. The Morgan fingerprint density at radius 2 is 1.74 bits per heavy atom. The molecule has 3 nitrogen and oxygen atoms in total. The van der Waals surface area contributed by atoms with Gasteiger partial charge in [0.15, 0.2) is 0 Å². The average molecular weight is 347 g/mol. The van der Waals surface area contributed by atoms with Gasteiger partial charge in [0.2, 0.25) is 5.90 Å².